The molecule has 0 aliphatic rings. The van der Waals surface area contributed by atoms with Crippen LogP contribution in [0.4, 0.5) is 0 Å². The number of carbonyl (C=O) groups is 1. The number of hydrogen-bond acceptors (Lipinski definition) is 2. The number of benzene rings is 1. The van der Waals surface area contributed by atoms with Crippen molar-refractivity contribution in [3.63, 3.8) is 0 Å². The third-order valence-electron chi connectivity index (χ3n) is 3.24. The van der Waals surface area contributed by atoms with Gasteiger partial charge in [0, 0.05) is 6.54 Å². The van der Waals surface area contributed by atoms with Crippen molar-refractivity contribution in [3.05, 3.63) is 41.5 Å². The number of nitrogens with zero attached hydrogens (tertiary/aromatic N) is 1. The monoisotopic (exact) mass is 257 g/mol. The zero-order valence-electron chi connectivity index (χ0n) is 12.1. The average molecular weight is 257 g/mol. The normalized spacial score (nSPS) is 13.7. The van der Waals surface area contributed by atoms with Gasteiger partial charge in [-0.3, -0.25) is 9.79 Å². The van der Waals surface area contributed by atoms with E-state index in [2.05, 4.69) is 50.0 Å². The maximum Gasteiger partial charge on any atom is 0.167 e. The van der Waals surface area contributed by atoms with Gasteiger partial charge in [-0.1, -0.05) is 57.5 Å². The fraction of sp³-hybridized carbons (Fsp3) is 0.412. The fourth-order valence-corrected chi connectivity index (χ4v) is 1.57. The van der Waals surface area contributed by atoms with E-state index in [0.29, 0.717) is 18.2 Å². The van der Waals surface area contributed by atoms with Crippen LogP contribution in [0.1, 0.15) is 38.3 Å². The highest BCUT2D eigenvalue weighted by Gasteiger charge is 1.97. The highest BCUT2D eigenvalue weighted by atomic mass is 16.1. The van der Waals surface area contributed by atoms with E-state index in [0.717, 1.165) is 24.7 Å². The number of carbonyl (C=O) groups excluding carboxylic acids is 1. The van der Waals surface area contributed by atoms with Crippen LogP contribution in [0, 0.1) is 5.92 Å². The lowest BCUT2D eigenvalue weighted by Gasteiger charge is -2.03. The standard InChI is InChI=1S/C17H23NO/c1-4-14(3)12-18-17(13-19)11-10-16-8-6-15(5-2)7-9-16/h6-11,13-14H,4-5,12H2,1-3H3/b11-10+,18-17+. The summed E-state index contributed by atoms with van der Waals surface area (Å²) >= 11 is 0. The lowest BCUT2D eigenvalue weighted by molar-refractivity contribution is -0.102. The Bertz CT molecular complexity index is 443. The second-order valence-corrected chi connectivity index (χ2v) is 4.83. The predicted molar refractivity (Wildman–Crippen MR) is 82.7 cm³/mol. The van der Waals surface area contributed by atoms with Gasteiger partial charge in [-0.2, -0.15) is 0 Å². The summed E-state index contributed by atoms with van der Waals surface area (Å²) in [4.78, 5) is 15.3. The quantitative estimate of drug-likeness (QED) is 0.537. The molecular formula is C17H23NO. The van der Waals surface area contributed by atoms with E-state index >= 15 is 0 Å². The number of aliphatic imine (C=N–C) groups is 1. The van der Waals surface area contributed by atoms with Gasteiger partial charge in [0.2, 0.25) is 0 Å². The van der Waals surface area contributed by atoms with Gasteiger partial charge in [0.05, 0.1) is 5.71 Å². The summed E-state index contributed by atoms with van der Waals surface area (Å²) in [7, 11) is 0. The number of aldehydes is 1. The number of rotatable bonds is 7. The lowest BCUT2D eigenvalue weighted by Crippen LogP contribution is -2.02. The molecule has 0 bridgehead atoms. The van der Waals surface area contributed by atoms with Gasteiger partial charge in [-0.25, -0.2) is 0 Å². The first kappa shape index (κ1) is 15.4. The summed E-state index contributed by atoms with van der Waals surface area (Å²) in [5.74, 6) is 0.521. The second-order valence-electron chi connectivity index (χ2n) is 4.83. The van der Waals surface area contributed by atoms with E-state index in [-0.39, 0.29) is 0 Å². The third kappa shape index (κ3) is 5.64. The first-order valence-corrected chi connectivity index (χ1v) is 6.96. The second kappa shape index (κ2) is 8.41. The maximum atomic E-state index is 10.9. The van der Waals surface area contributed by atoms with E-state index in [1.807, 2.05) is 6.08 Å². The van der Waals surface area contributed by atoms with Gasteiger partial charge < -0.3 is 0 Å². The molecule has 0 heterocycles. The van der Waals surface area contributed by atoms with Crippen molar-refractivity contribution in [2.24, 2.45) is 10.9 Å². The molecule has 2 nitrogen and oxygen atoms in total. The summed E-state index contributed by atoms with van der Waals surface area (Å²) in [5, 5.41) is 0. The van der Waals surface area contributed by atoms with Crippen molar-refractivity contribution < 1.29 is 4.79 Å². The Balaban J connectivity index is 2.68. The molecule has 0 aliphatic carbocycles. The molecule has 0 aromatic heterocycles. The first-order valence-electron chi connectivity index (χ1n) is 6.96. The third-order valence-corrected chi connectivity index (χ3v) is 3.24. The van der Waals surface area contributed by atoms with E-state index in [1.165, 1.54) is 5.56 Å². The first-order chi connectivity index (χ1) is 9.19. The highest BCUT2D eigenvalue weighted by molar-refractivity contribution is 6.34. The van der Waals surface area contributed by atoms with Crippen molar-refractivity contribution in [1.29, 1.82) is 0 Å². The Labute approximate surface area is 116 Å². The number of aryl methyl sites for hydroxylation is 1. The molecule has 0 saturated heterocycles. The Morgan fingerprint density at radius 3 is 2.47 bits per heavy atom. The van der Waals surface area contributed by atoms with Crippen LogP contribution in [0.5, 0.6) is 0 Å². The van der Waals surface area contributed by atoms with Gasteiger partial charge >= 0.3 is 0 Å². The van der Waals surface area contributed by atoms with Crippen LogP contribution in [0.2, 0.25) is 0 Å². The molecule has 19 heavy (non-hydrogen) atoms. The molecule has 1 aromatic carbocycles. The fourth-order valence-electron chi connectivity index (χ4n) is 1.57. The molecule has 102 valence electrons. The van der Waals surface area contributed by atoms with E-state index < -0.39 is 0 Å². The van der Waals surface area contributed by atoms with E-state index in [1.54, 1.807) is 6.08 Å². The van der Waals surface area contributed by atoms with Crippen LogP contribution in [0.3, 0.4) is 0 Å². The predicted octanol–water partition coefficient (Wildman–Crippen LogP) is 3.95. The molecule has 1 unspecified atom stereocenters. The zero-order chi connectivity index (χ0) is 14.1. The smallest absolute Gasteiger partial charge is 0.167 e. The van der Waals surface area contributed by atoms with E-state index in [9.17, 15) is 4.79 Å². The minimum Gasteiger partial charge on any atom is -0.296 e. The van der Waals surface area contributed by atoms with Crippen molar-refractivity contribution >= 4 is 18.1 Å². The summed E-state index contributed by atoms with van der Waals surface area (Å²) in [6.45, 7) is 7.12. The lowest BCUT2D eigenvalue weighted by atomic mass is 10.1. The molecule has 0 N–H and O–H groups in total. The van der Waals surface area contributed by atoms with Crippen LogP contribution < -0.4 is 0 Å². The van der Waals surface area contributed by atoms with Crippen molar-refractivity contribution in [3.8, 4) is 0 Å². The molecule has 1 atom stereocenters. The molecule has 0 radical (unpaired) electrons. The van der Waals surface area contributed by atoms with Gasteiger partial charge in [0.1, 0.15) is 0 Å². The van der Waals surface area contributed by atoms with Crippen LogP contribution >= 0.6 is 0 Å². The Morgan fingerprint density at radius 1 is 1.26 bits per heavy atom. The molecule has 2 heteroatoms. The van der Waals surface area contributed by atoms with Crippen molar-refractivity contribution in [2.45, 2.75) is 33.6 Å². The van der Waals surface area contributed by atoms with Gasteiger partial charge in [0.15, 0.2) is 6.29 Å². The average Bonchev–Trinajstić information content (AvgIpc) is 2.47. The van der Waals surface area contributed by atoms with Crippen LogP contribution in [-0.2, 0) is 11.2 Å². The molecule has 1 rings (SSSR count). The van der Waals surface area contributed by atoms with Crippen LogP contribution in [-0.4, -0.2) is 18.5 Å². The number of hydrogen-bond donors (Lipinski definition) is 0. The molecule has 0 amide bonds. The van der Waals surface area contributed by atoms with Gasteiger partial charge in [-0.05, 0) is 29.5 Å². The van der Waals surface area contributed by atoms with Crippen LogP contribution in [0.15, 0.2) is 35.3 Å². The minimum absolute atomic E-state index is 0.514. The molecule has 1 aromatic rings. The largest absolute Gasteiger partial charge is 0.296 e. The Kier molecular flexibility index (Phi) is 6.80. The molecule has 0 fully saturated rings. The SMILES string of the molecule is CCc1ccc(/C=C/C(C=O)=N\CC(C)CC)cc1. The van der Waals surface area contributed by atoms with E-state index in [4.69, 9.17) is 0 Å². The van der Waals surface area contributed by atoms with Gasteiger partial charge in [-0.15, -0.1) is 0 Å². The van der Waals surface area contributed by atoms with Crippen LogP contribution in [0.25, 0.3) is 6.08 Å². The van der Waals surface area contributed by atoms with Crippen molar-refractivity contribution in [2.75, 3.05) is 6.54 Å². The maximum absolute atomic E-state index is 10.9. The van der Waals surface area contributed by atoms with Crippen molar-refractivity contribution in [1.82, 2.24) is 0 Å². The molecule has 0 spiro atoms. The zero-order valence-corrected chi connectivity index (χ0v) is 12.1. The summed E-state index contributed by atoms with van der Waals surface area (Å²) < 4.78 is 0. The Hall–Kier alpha value is -1.70. The summed E-state index contributed by atoms with van der Waals surface area (Å²) in [6.07, 6.45) is 6.66. The molecule has 0 saturated carbocycles. The topological polar surface area (TPSA) is 29.4 Å². The number of allylic oxidation sites excluding steroid dienone is 1. The summed E-state index contributed by atoms with van der Waals surface area (Å²) in [6, 6.07) is 8.34. The minimum atomic E-state index is 0.514. The summed E-state index contributed by atoms with van der Waals surface area (Å²) in [5.41, 5.74) is 2.92. The molecule has 0 aliphatic heterocycles. The van der Waals surface area contributed by atoms with Gasteiger partial charge in [0.25, 0.3) is 0 Å². The molecular weight excluding hydrogens is 234 g/mol. The highest BCUT2D eigenvalue weighted by Crippen LogP contribution is 2.07. The Morgan fingerprint density at radius 2 is 1.95 bits per heavy atom.